The van der Waals surface area contributed by atoms with Crippen molar-refractivity contribution in [2.45, 2.75) is 18.7 Å². The van der Waals surface area contributed by atoms with Gasteiger partial charge in [-0.3, -0.25) is 0 Å². The Morgan fingerprint density at radius 2 is 1.78 bits per heavy atom. The number of rotatable bonds is 4. The van der Waals surface area contributed by atoms with Crippen LogP contribution in [0.5, 0.6) is 0 Å². The van der Waals surface area contributed by atoms with E-state index in [1.807, 2.05) is 37.4 Å². The highest BCUT2D eigenvalue weighted by Gasteiger charge is 2.13. The molecule has 0 atom stereocenters. The number of benzene rings is 2. The first-order chi connectivity index (χ1) is 11.0. The largest absolute Gasteiger partial charge is 0.360 e. The Labute approximate surface area is 135 Å². The quantitative estimate of drug-likeness (QED) is 0.570. The molecule has 0 bridgehead atoms. The Morgan fingerprint density at radius 3 is 2.52 bits per heavy atom. The molecule has 1 heterocycles. The van der Waals surface area contributed by atoms with Crippen LogP contribution in [0.25, 0.3) is 10.9 Å². The highest BCUT2D eigenvalue weighted by atomic mass is 32.2. The molecule has 0 amide bonds. The molecule has 5 nitrogen and oxygen atoms in total. The third kappa shape index (κ3) is 3.12. The molecule has 3 rings (SSSR count). The van der Waals surface area contributed by atoms with Crippen molar-refractivity contribution < 1.29 is 8.42 Å². The van der Waals surface area contributed by atoms with Crippen LogP contribution in [0, 0.1) is 6.92 Å². The number of aromatic nitrogens is 1. The lowest BCUT2D eigenvalue weighted by Crippen LogP contribution is -2.19. The van der Waals surface area contributed by atoms with E-state index in [4.69, 9.17) is 0 Å². The number of sulfonamides is 1. The second-order valence-electron chi connectivity index (χ2n) is 5.35. The summed E-state index contributed by atoms with van der Waals surface area (Å²) in [7, 11) is -3.66. The molecule has 23 heavy (non-hydrogen) atoms. The predicted octanol–water partition coefficient (Wildman–Crippen LogP) is 3.18. The van der Waals surface area contributed by atoms with Gasteiger partial charge in [-0.2, -0.15) is 18.4 Å². The van der Waals surface area contributed by atoms with Crippen LogP contribution in [-0.4, -0.2) is 19.1 Å². The Morgan fingerprint density at radius 1 is 1.09 bits per heavy atom. The van der Waals surface area contributed by atoms with Crippen molar-refractivity contribution >= 4 is 26.6 Å². The molecule has 0 unspecified atom stereocenters. The van der Waals surface area contributed by atoms with Gasteiger partial charge in [0.1, 0.15) is 0 Å². The number of hydrazone groups is 1. The minimum Gasteiger partial charge on any atom is -0.360 e. The van der Waals surface area contributed by atoms with E-state index in [-0.39, 0.29) is 4.90 Å². The number of H-pyrrole nitrogens is 1. The van der Waals surface area contributed by atoms with Gasteiger partial charge in [0.05, 0.1) is 10.6 Å². The second kappa shape index (κ2) is 5.89. The highest BCUT2D eigenvalue weighted by Crippen LogP contribution is 2.18. The van der Waals surface area contributed by atoms with Gasteiger partial charge in [0.2, 0.25) is 0 Å². The van der Waals surface area contributed by atoms with E-state index in [1.54, 1.807) is 31.2 Å². The molecule has 118 valence electrons. The van der Waals surface area contributed by atoms with Gasteiger partial charge >= 0.3 is 0 Å². The minimum atomic E-state index is -3.66. The van der Waals surface area contributed by atoms with Gasteiger partial charge in [0.25, 0.3) is 10.0 Å². The van der Waals surface area contributed by atoms with Crippen molar-refractivity contribution in [3.8, 4) is 0 Å². The van der Waals surface area contributed by atoms with Gasteiger partial charge in [-0.15, -0.1) is 0 Å². The molecule has 0 aliphatic heterocycles. The van der Waals surface area contributed by atoms with Crippen LogP contribution in [0.1, 0.15) is 18.1 Å². The van der Waals surface area contributed by atoms with Crippen LogP contribution >= 0.6 is 0 Å². The van der Waals surface area contributed by atoms with Gasteiger partial charge in [-0.05, 0) is 32.0 Å². The summed E-state index contributed by atoms with van der Waals surface area (Å²) in [6.45, 7) is 3.68. The fraction of sp³-hybridized carbons (Fsp3) is 0.118. The van der Waals surface area contributed by atoms with Gasteiger partial charge in [0, 0.05) is 22.7 Å². The summed E-state index contributed by atoms with van der Waals surface area (Å²) in [5, 5.41) is 5.05. The molecule has 3 aromatic rings. The van der Waals surface area contributed by atoms with E-state index in [2.05, 4.69) is 14.9 Å². The lowest BCUT2D eigenvalue weighted by Gasteiger charge is -2.05. The maximum atomic E-state index is 12.3. The molecule has 1 aromatic heterocycles. The van der Waals surface area contributed by atoms with E-state index in [0.717, 1.165) is 22.0 Å². The molecule has 0 saturated heterocycles. The van der Waals surface area contributed by atoms with Gasteiger partial charge in [-0.1, -0.05) is 35.9 Å². The van der Waals surface area contributed by atoms with E-state index < -0.39 is 10.0 Å². The molecule has 0 aliphatic rings. The maximum absolute atomic E-state index is 12.3. The van der Waals surface area contributed by atoms with Crippen molar-refractivity contribution in [3.63, 3.8) is 0 Å². The monoisotopic (exact) mass is 327 g/mol. The number of fused-ring (bicyclic) bond motifs is 1. The fourth-order valence-electron chi connectivity index (χ4n) is 2.33. The first-order valence-electron chi connectivity index (χ1n) is 7.16. The summed E-state index contributed by atoms with van der Waals surface area (Å²) in [6, 6.07) is 14.4. The molecule has 2 N–H and O–H groups in total. The number of hydrogen-bond acceptors (Lipinski definition) is 3. The van der Waals surface area contributed by atoms with Gasteiger partial charge in [-0.25, -0.2) is 0 Å². The Hall–Kier alpha value is -2.60. The van der Waals surface area contributed by atoms with Crippen LogP contribution < -0.4 is 4.83 Å². The molecule has 0 aliphatic carbocycles. The summed E-state index contributed by atoms with van der Waals surface area (Å²) in [4.78, 5) is 5.63. The smallest absolute Gasteiger partial charge is 0.276 e. The first kappa shape index (κ1) is 15.3. The van der Waals surface area contributed by atoms with Crippen LogP contribution in [-0.2, 0) is 10.0 Å². The maximum Gasteiger partial charge on any atom is 0.276 e. The number of aromatic amines is 1. The molecule has 2 aromatic carbocycles. The zero-order valence-corrected chi connectivity index (χ0v) is 13.7. The summed E-state index contributed by atoms with van der Waals surface area (Å²) < 4.78 is 24.5. The first-order valence-corrected chi connectivity index (χ1v) is 8.65. The average molecular weight is 327 g/mol. The van der Waals surface area contributed by atoms with Gasteiger partial charge < -0.3 is 4.98 Å². The topological polar surface area (TPSA) is 74.3 Å². The Balaban J connectivity index is 1.88. The van der Waals surface area contributed by atoms with Gasteiger partial charge in [0.15, 0.2) is 0 Å². The average Bonchev–Trinajstić information content (AvgIpc) is 2.97. The lowest BCUT2D eigenvalue weighted by atomic mass is 10.1. The summed E-state index contributed by atoms with van der Waals surface area (Å²) in [6.07, 6.45) is 1.82. The van der Waals surface area contributed by atoms with Crippen molar-refractivity contribution in [3.05, 3.63) is 65.9 Å². The van der Waals surface area contributed by atoms with Crippen molar-refractivity contribution in [1.82, 2.24) is 9.82 Å². The molecule has 0 spiro atoms. The minimum absolute atomic E-state index is 0.193. The number of hydrogen-bond donors (Lipinski definition) is 2. The fourth-order valence-corrected chi connectivity index (χ4v) is 3.19. The normalized spacial score (nSPS) is 12.5. The molecular weight excluding hydrogens is 310 g/mol. The molecule has 0 radical (unpaired) electrons. The van der Waals surface area contributed by atoms with Crippen molar-refractivity contribution in [2.24, 2.45) is 5.10 Å². The molecular formula is C17H17N3O2S. The van der Waals surface area contributed by atoms with E-state index in [1.165, 1.54) is 0 Å². The molecule has 0 saturated carbocycles. The van der Waals surface area contributed by atoms with E-state index in [0.29, 0.717) is 5.71 Å². The SMILES string of the molecule is CC(=NNS(=O)(=O)c1ccc(C)cc1)c1c[nH]c2ccccc12. The van der Waals surface area contributed by atoms with Crippen LogP contribution in [0.4, 0.5) is 0 Å². The summed E-state index contributed by atoms with van der Waals surface area (Å²) in [5.41, 5.74) is 3.45. The molecule has 0 fully saturated rings. The zero-order valence-electron chi connectivity index (χ0n) is 12.9. The second-order valence-corrected chi connectivity index (χ2v) is 7.01. The summed E-state index contributed by atoms with van der Waals surface area (Å²) in [5.74, 6) is 0. The number of nitrogens with one attached hydrogen (secondary N) is 2. The standard InChI is InChI=1S/C17H17N3O2S/c1-12-7-9-14(10-8-12)23(21,22)20-19-13(2)16-11-18-17-6-4-3-5-15(16)17/h3-11,18,20H,1-2H3. The van der Waals surface area contributed by atoms with E-state index >= 15 is 0 Å². The van der Waals surface area contributed by atoms with Crippen LogP contribution in [0.3, 0.4) is 0 Å². The van der Waals surface area contributed by atoms with Crippen LogP contribution in [0.15, 0.2) is 64.7 Å². The predicted molar refractivity (Wildman–Crippen MR) is 92.0 cm³/mol. The van der Waals surface area contributed by atoms with Crippen molar-refractivity contribution in [2.75, 3.05) is 0 Å². The highest BCUT2D eigenvalue weighted by molar-refractivity contribution is 7.89. The third-order valence-corrected chi connectivity index (χ3v) is 4.87. The Kier molecular flexibility index (Phi) is 3.92. The summed E-state index contributed by atoms with van der Waals surface area (Å²) >= 11 is 0. The number of nitrogens with zero attached hydrogens (tertiary/aromatic N) is 1. The Bertz CT molecular complexity index is 971. The van der Waals surface area contributed by atoms with Crippen molar-refractivity contribution in [1.29, 1.82) is 0 Å². The number of para-hydroxylation sites is 1. The van der Waals surface area contributed by atoms with Crippen LogP contribution in [0.2, 0.25) is 0 Å². The zero-order chi connectivity index (χ0) is 16.4. The van der Waals surface area contributed by atoms with E-state index in [9.17, 15) is 8.42 Å². The number of aryl methyl sites for hydroxylation is 1. The molecule has 6 heteroatoms. The third-order valence-electron chi connectivity index (χ3n) is 3.64. The lowest BCUT2D eigenvalue weighted by molar-refractivity contribution is 0.584.